The molecular weight excluding hydrogens is 260 g/mol. The van der Waals surface area contributed by atoms with E-state index in [1.54, 1.807) is 7.11 Å². The molecule has 0 saturated carbocycles. The van der Waals surface area contributed by atoms with Crippen molar-refractivity contribution in [2.45, 2.75) is 58.2 Å². The van der Waals surface area contributed by atoms with Crippen LogP contribution in [0.2, 0.25) is 0 Å². The molecule has 1 heterocycles. The summed E-state index contributed by atoms with van der Waals surface area (Å²) in [5.74, 6) is 1.64. The Balaban J connectivity index is 2.28. The molecule has 1 aliphatic rings. The van der Waals surface area contributed by atoms with E-state index in [4.69, 9.17) is 10.5 Å². The first kappa shape index (κ1) is 16.3. The molecule has 0 spiro atoms. The summed E-state index contributed by atoms with van der Waals surface area (Å²) in [5, 5.41) is 0. The summed E-state index contributed by atoms with van der Waals surface area (Å²) >= 11 is 0. The lowest BCUT2D eigenvalue weighted by Crippen LogP contribution is -2.49. The first-order valence-corrected chi connectivity index (χ1v) is 8.23. The van der Waals surface area contributed by atoms with E-state index in [2.05, 4.69) is 37.8 Å². The third-order valence-corrected chi connectivity index (χ3v) is 5.11. The molecule has 2 rings (SSSR count). The normalized spacial score (nSPS) is 26.3. The second-order valence-corrected chi connectivity index (χ2v) is 6.39. The largest absolute Gasteiger partial charge is 0.497 e. The molecule has 1 fully saturated rings. The Morgan fingerprint density at radius 1 is 1.29 bits per heavy atom. The molecule has 1 aromatic rings. The number of ether oxygens (including phenoxy) is 1. The molecule has 3 nitrogen and oxygen atoms in total. The van der Waals surface area contributed by atoms with E-state index in [1.807, 2.05) is 12.1 Å². The molecule has 0 amide bonds. The van der Waals surface area contributed by atoms with Crippen molar-refractivity contribution >= 4 is 0 Å². The van der Waals surface area contributed by atoms with Crippen molar-refractivity contribution in [3.63, 3.8) is 0 Å². The zero-order valence-electron chi connectivity index (χ0n) is 13.9. The van der Waals surface area contributed by atoms with Gasteiger partial charge < -0.3 is 10.5 Å². The molecule has 3 heteroatoms. The van der Waals surface area contributed by atoms with E-state index < -0.39 is 0 Å². The Bertz CT molecular complexity index is 431. The van der Waals surface area contributed by atoms with E-state index in [1.165, 1.54) is 18.4 Å². The molecule has 0 aromatic heterocycles. The maximum atomic E-state index is 6.49. The first-order valence-electron chi connectivity index (χ1n) is 8.23. The topological polar surface area (TPSA) is 38.5 Å². The van der Waals surface area contributed by atoms with Gasteiger partial charge in [0.2, 0.25) is 0 Å². The van der Waals surface area contributed by atoms with Crippen molar-refractivity contribution < 1.29 is 4.74 Å². The molecule has 1 saturated heterocycles. The zero-order chi connectivity index (χ0) is 15.4. The van der Waals surface area contributed by atoms with Gasteiger partial charge in [-0.1, -0.05) is 26.0 Å². The highest BCUT2D eigenvalue weighted by Gasteiger charge is 2.33. The molecule has 118 valence electrons. The van der Waals surface area contributed by atoms with E-state index >= 15 is 0 Å². The van der Waals surface area contributed by atoms with Gasteiger partial charge in [-0.05, 0) is 56.3 Å². The zero-order valence-corrected chi connectivity index (χ0v) is 13.9. The van der Waals surface area contributed by atoms with Crippen LogP contribution in [-0.4, -0.2) is 30.6 Å². The molecular formula is C18H30N2O. The Hall–Kier alpha value is -1.06. The predicted octanol–water partition coefficient (Wildman–Crippen LogP) is 3.59. The van der Waals surface area contributed by atoms with Crippen molar-refractivity contribution in [1.29, 1.82) is 0 Å². The first-order chi connectivity index (χ1) is 10.1. The third kappa shape index (κ3) is 3.58. The summed E-state index contributed by atoms with van der Waals surface area (Å²) in [5.41, 5.74) is 7.80. The number of rotatable bonds is 5. The van der Waals surface area contributed by atoms with Crippen molar-refractivity contribution in [3.8, 4) is 5.75 Å². The van der Waals surface area contributed by atoms with Gasteiger partial charge >= 0.3 is 0 Å². The summed E-state index contributed by atoms with van der Waals surface area (Å²) in [4.78, 5) is 2.62. The Kier molecular flexibility index (Phi) is 5.65. The van der Waals surface area contributed by atoms with Gasteiger partial charge in [-0.3, -0.25) is 4.90 Å². The number of nitrogens with two attached hydrogens (primary N) is 1. The lowest BCUT2D eigenvalue weighted by Gasteiger charge is -2.45. The monoisotopic (exact) mass is 290 g/mol. The van der Waals surface area contributed by atoms with Crippen molar-refractivity contribution in [3.05, 3.63) is 29.8 Å². The van der Waals surface area contributed by atoms with Crippen LogP contribution < -0.4 is 10.5 Å². The highest BCUT2D eigenvalue weighted by molar-refractivity contribution is 5.30. The average Bonchev–Trinajstić information content (AvgIpc) is 2.52. The summed E-state index contributed by atoms with van der Waals surface area (Å²) in [7, 11) is 1.71. The molecule has 4 atom stereocenters. The van der Waals surface area contributed by atoms with Gasteiger partial charge in [0.1, 0.15) is 5.75 Å². The van der Waals surface area contributed by atoms with Gasteiger partial charge in [0.15, 0.2) is 0 Å². The number of nitrogens with zero attached hydrogens (tertiary/aromatic N) is 1. The van der Waals surface area contributed by atoms with E-state index in [0.29, 0.717) is 12.1 Å². The summed E-state index contributed by atoms with van der Waals surface area (Å²) in [6.07, 6.45) is 3.59. The Labute approximate surface area is 129 Å². The maximum Gasteiger partial charge on any atom is 0.118 e. The van der Waals surface area contributed by atoms with Gasteiger partial charge in [0.25, 0.3) is 0 Å². The summed E-state index contributed by atoms with van der Waals surface area (Å²) < 4.78 is 5.27. The van der Waals surface area contributed by atoms with Crippen LogP contribution in [0.4, 0.5) is 0 Å². The minimum Gasteiger partial charge on any atom is -0.497 e. The van der Waals surface area contributed by atoms with Crippen LogP contribution in [0.5, 0.6) is 5.75 Å². The molecule has 1 aliphatic heterocycles. The fraction of sp³-hybridized carbons (Fsp3) is 0.667. The minimum absolute atomic E-state index is 0.172. The highest BCUT2D eigenvalue weighted by Crippen LogP contribution is 2.34. The number of hydrogen-bond donors (Lipinski definition) is 1. The SMILES string of the molecule is CCC(N)C(c1ccc(OC)cc1)N1CCCC(C)C1C. The summed E-state index contributed by atoms with van der Waals surface area (Å²) in [6.45, 7) is 8.04. The molecule has 0 radical (unpaired) electrons. The number of likely N-dealkylation sites (tertiary alicyclic amines) is 1. The molecule has 0 bridgehead atoms. The number of benzene rings is 1. The van der Waals surface area contributed by atoms with Crippen LogP contribution in [0.15, 0.2) is 24.3 Å². The number of piperidine rings is 1. The van der Waals surface area contributed by atoms with Crippen LogP contribution in [0.1, 0.15) is 51.6 Å². The van der Waals surface area contributed by atoms with Crippen LogP contribution in [0.25, 0.3) is 0 Å². The fourth-order valence-corrected chi connectivity index (χ4v) is 3.47. The Morgan fingerprint density at radius 2 is 1.95 bits per heavy atom. The van der Waals surface area contributed by atoms with Gasteiger partial charge in [-0.15, -0.1) is 0 Å². The second-order valence-electron chi connectivity index (χ2n) is 6.39. The average molecular weight is 290 g/mol. The Morgan fingerprint density at radius 3 is 2.52 bits per heavy atom. The second kappa shape index (κ2) is 7.28. The van der Waals surface area contributed by atoms with Gasteiger partial charge in [-0.25, -0.2) is 0 Å². The van der Waals surface area contributed by atoms with Crippen molar-refractivity contribution in [2.24, 2.45) is 11.7 Å². The van der Waals surface area contributed by atoms with Crippen molar-refractivity contribution in [1.82, 2.24) is 4.90 Å². The molecule has 21 heavy (non-hydrogen) atoms. The molecule has 1 aromatic carbocycles. The van der Waals surface area contributed by atoms with Crippen LogP contribution in [0.3, 0.4) is 0 Å². The lowest BCUT2D eigenvalue weighted by molar-refractivity contribution is 0.0546. The molecule has 4 unspecified atom stereocenters. The highest BCUT2D eigenvalue weighted by atomic mass is 16.5. The fourth-order valence-electron chi connectivity index (χ4n) is 3.47. The number of methoxy groups -OCH3 is 1. The lowest BCUT2D eigenvalue weighted by atomic mass is 9.87. The molecule has 2 N–H and O–H groups in total. The minimum atomic E-state index is 0.172. The van der Waals surface area contributed by atoms with Crippen LogP contribution in [-0.2, 0) is 0 Å². The van der Waals surface area contributed by atoms with E-state index in [9.17, 15) is 0 Å². The number of hydrogen-bond acceptors (Lipinski definition) is 3. The van der Waals surface area contributed by atoms with Crippen LogP contribution in [0, 0.1) is 5.92 Å². The molecule has 0 aliphatic carbocycles. The van der Waals surface area contributed by atoms with Crippen LogP contribution >= 0.6 is 0 Å². The quantitative estimate of drug-likeness (QED) is 0.900. The van der Waals surface area contributed by atoms with Crippen molar-refractivity contribution in [2.75, 3.05) is 13.7 Å². The van der Waals surface area contributed by atoms with E-state index in [0.717, 1.165) is 24.6 Å². The maximum absolute atomic E-state index is 6.49. The summed E-state index contributed by atoms with van der Waals surface area (Å²) in [6, 6.07) is 9.50. The smallest absolute Gasteiger partial charge is 0.118 e. The van der Waals surface area contributed by atoms with Gasteiger partial charge in [0, 0.05) is 12.1 Å². The van der Waals surface area contributed by atoms with E-state index in [-0.39, 0.29) is 6.04 Å². The van der Waals surface area contributed by atoms with Gasteiger partial charge in [0.05, 0.1) is 13.2 Å². The third-order valence-electron chi connectivity index (χ3n) is 5.11. The standard InChI is InChI=1S/C18H30N2O/c1-5-17(19)18(15-8-10-16(21-4)11-9-15)20-12-6-7-13(2)14(20)3/h8-11,13-14,17-18H,5-7,12,19H2,1-4H3. The van der Waals surface area contributed by atoms with Gasteiger partial charge in [-0.2, -0.15) is 0 Å². The predicted molar refractivity (Wildman–Crippen MR) is 88.6 cm³/mol.